The molecule has 0 amide bonds. The lowest BCUT2D eigenvalue weighted by Gasteiger charge is -2.16. The number of rotatable bonds is 4. The van der Waals surface area contributed by atoms with E-state index in [1.807, 2.05) is 12.1 Å². The topological polar surface area (TPSA) is 47.8 Å². The normalized spacial score (nSPS) is 12.1. The van der Waals surface area contributed by atoms with Gasteiger partial charge in [0.2, 0.25) is 0 Å². The Labute approximate surface area is 137 Å². The lowest BCUT2D eigenvalue weighted by Crippen LogP contribution is -2.21. The maximum Gasteiger partial charge on any atom is 0.191 e. The molecule has 4 nitrogen and oxygen atoms in total. The molecule has 0 N–H and O–H groups in total. The third-order valence-electron chi connectivity index (χ3n) is 3.26. The van der Waals surface area contributed by atoms with Crippen LogP contribution in [0.3, 0.4) is 0 Å². The van der Waals surface area contributed by atoms with Gasteiger partial charge < -0.3 is 0 Å². The molecule has 1 atom stereocenters. The average molecular weight is 332 g/mol. The van der Waals surface area contributed by atoms with E-state index < -0.39 is 6.04 Å². The highest BCUT2D eigenvalue weighted by Gasteiger charge is 2.24. The van der Waals surface area contributed by atoms with E-state index in [1.165, 1.54) is 17.3 Å². The zero-order valence-electron chi connectivity index (χ0n) is 11.4. The van der Waals surface area contributed by atoms with Gasteiger partial charge in [-0.2, -0.15) is 5.10 Å². The summed E-state index contributed by atoms with van der Waals surface area (Å²) in [6, 6.07) is 13.3. The Balaban J connectivity index is 2.04. The van der Waals surface area contributed by atoms with Crippen molar-refractivity contribution in [2.75, 3.05) is 0 Å². The predicted octanol–water partition coefficient (Wildman–Crippen LogP) is 4.06. The van der Waals surface area contributed by atoms with Crippen LogP contribution >= 0.6 is 23.2 Å². The van der Waals surface area contributed by atoms with Gasteiger partial charge in [0.05, 0.1) is 0 Å². The van der Waals surface area contributed by atoms with Crippen molar-refractivity contribution in [2.24, 2.45) is 0 Å². The minimum Gasteiger partial charge on any atom is -0.291 e. The lowest BCUT2D eigenvalue weighted by atomic mass is 9.97. The molecule has 1 aromatic heterocycles. The van der Waals surface area contributed by atoms with Crippen LogP contribution in [0.25, 0.3) is 0 Å². The Kier molecular flexibility index (Phi) is 4.22. The quantitative estimate of drug-likeness (QED) is 0.677. The fraction of sp³-hybridized carbons (Fsp3) is 0.0625. The second-order valence-corrected chi connectivity index (χ2v) is 5.57. The Hall–Kier alpha value is -2.17. The highest BCUT2D eigenvalue weighted by atomic mass is 35.5. The van der Waals surface area contributed by atoms with Gasteiger partial charge in [-0.25, -0.2) is 9.67 Å². The maximum absolute atomic E-state index is 12.9. The van der Waals surface area contributed by atoms with Gasteiger partial charge >= 0.3 is 0 Å². The van der Waals surface area contributed by atoms with Crippen LogP contribution in [0.4, 0.5) is 0 Å². The molecule has 0 bridgehead atoms. The number of hydrogen-bond acceptors (Lipinski definition) is 3. The van der Waals surface area contributed by atoms with Gasteiger partial charge in [-0.1, -0.05) is 35.3 Å². The van der Waals surface area contributed by atoms with E-state index in [0.29, 0.717) is 15.6 Å². The van der Waals surface area contributed by atoms with Gasteiger partial charge in [-0.15, -0.1) is 0 Å². The van der Waals surface area contributed by atoms with Gasteiger partial charge in [0.1, 0.15) is 18.7 Å². The van der Waals surface area contributed by atoms with E-state index in [9.17, 15) is 4.79 Å². The van der Waals surface area contributed by atoms with Crippen LogP contribution in [0.1, 0.15) is 22.0 Å². The third-order valence-corrected chi connectivity index (χ3v) is 3.77. The van der Waals surface area contributed by atoms with Crippen molar-refractivity contribution in [2.45, 2.75) is 6.04 Å². The second-order valence-electron chi connectivity index (χ2n) is 4.70. The van der Waals surface area contributed by atoms with Crippen molar-refractivity contribution >= 4 is 29.0 Å². The van der Waals surface area contributed by atoms with Crippen molar-refractivity contribution < 1.29 is 4.79 Å². The summed E-state index contributed by atoms with van der Waals surface area (Å²) in [5, 5.41) is 5.30. The van der Waals surface area contributed by atoms with E-state index >= 15 is 0 Å². The number of aromatic nitrogens is 3. The molecule has 0 fully saturated rings. The van der Waals surface area contributed by atoms with Gasteiger partial charge in [0, 0.05) is 15.6 Å². The monoisotopic (exact) mass is 331 g/mol. The number of nitrogens with zero attached hydrogens (tertiary/aromatic N) is 3. The van der Waals surface area contributed by atoms with E-state index in [2.05, 4.69) is 10.1 Å². The molecule has 22 heavy (non-hydrogen) atoms. The Morgan fingerprint density at radius 3 is 2.09 bits per heavy atom. The highest BCUT2D eigenvalue weighted by molar-refractivity contribution is 6.31. The van der Waals surface area contributed by atoms with Gasteiger partial charge in [0.15, 0.2) is 5.78 Å². The largest absolute Gasteiger partial charge is 0.291 e. The second kappa shape index (κ2) is 6.30. The lowest BCUT2D eigenvalue weighted by molar-refractivity contribution is 0.0939. The Morgan fingerprint density at radius 2 is 1.55 bits per heavy atom. The summed E-state index contributed by atoms with van der Waals surface area (Å²) < 4.78 is 1.53. The van der Waals surface area contributed by atoms with Crippen LogP contribution in [0.5, 0.6) is 0 Å². The van der Waals surface area contributed by atoms with Crippen molar-refractivity contribution in [1.82, 2.24) is 14.8 Å². The first kappa shape index (κ1) is 14.8. The summed E-state index contributed by atoms with van der Waals surface area (Å²) in [7, 11) is 0. The number of carbonyl (C=O) groups excluding carboxylic acids is 1. The summed E-state index contributed by atoms with van der Waals surface area (Å²) in [4.78, 5) is 16.8. The first-order chi connectivity index (χ1) is 10.6. The minimum absolute atomic E-state index is 0.0931. The Morgan fingerprint density at radius 1 is 0.955 bits per heavy atom. The number of carbonyl (C=O) groups is 1. The average Bonchev–Trinajstić information content (AvgIpc) is 3.04. The number of ketones is 1. The van der Waals surface area contributed by atoms with E-state index in [-0.39, 0.29) is 5.78 Å². The van der Waals surface area contributed by atoms with Crippen LogP contribution < -0.4 is 0 Å². The number of benzene rings is 2. The zero-order chi connectivity index (χ0) is 15.5. The van der Waals surface area contributed by atoms with Crippen LogP contribution in [-0.2, 0) is 0 Å². The molecule has 2 aromatic carbocycles. The standard InChI is InChI=1S/C16H11Cl2N3O/c17-13-5-1-11(2-6-13)15(21-10-19-9-20-21)16(22)12-3-7-14(18)8-4-12/h1-10,15H. The smallest absolute Gasteiger partial charge is 0.191 e. The van der Waals surface area contributed by atoms with Crippen LogP contribution in [-0.4, -0.2) is 20.5 Å². The molecule has 6 heteroatoms. The molecule has 3 aromatic rings. The summed E-state index contributed by atoms with van der Waals surface area (Å²) in [5.41, 5.74) is 1.34. The highest BCUT2D eigenvalue weighted by Crippen LogP contribution is 2.24. The van der Waals surface area contributed by atoms with E-state index in [4.69, 9.17) is 23.2 Å². The first-order valence-electron chi connectivity index (χ1n) is 6.54. The molecule has 0 saturated carbocycles. The maximum atomic E-state index is 12.9. The molecule has 0 aliphatic carbocycles. The molecule has 0 aliphatic heterocycles. The van der Waals surface area contributed by atoms with Gasteiger partial charge in [-0.05, 0) is 42.0 Å². The minimum atomic E-state index is -0.596. The molecule has 110 valence electrons. The molecule has 0 saturated heterocycles. The Bertz CT molecular complexity index is 768. The summed E-state index contributed by atoms with van der Waals surface area (Å²) in [6.07, 6.45) is 2.92. The molecular formula is C16H11Cl2N3O. The fourth-order valence-corrected chi connectivity index (χ4v) is 2.44. The van der Waals surface area contributed by atoms with Crippen molar-refractivity contribution in [1.29, 1.82) is 0 Å². The van der Waals surface area contributed by atoms with Crippen LogP contribution in [0.15, 0.2) is 61.2 Å². The molecular weight excluding hydrogens is 321 g/mol. The molecule has 0 radical (unpaired) electrons. The van der Waals surface area contributed by atoms with Crippen molar-refractivity contribution in [3.63, 3.8) is 0 Å². The van der Waals surface area contributed by atoms with Crippen LogP contribution in [0.2, 0.25) is 10.0 Å². The summed E-state index contributed by atoms with van der Waals surface area (Å²) in [5.74, 6) is -0.0931. The molecule has 1 heterocycles. The SMILES string of the molecule is O=C(c1ccc(Cl)cc1)C(c1ccc(Cl)cc1)n1cncn1. The van der Waals surface area contributed by atoms with Crippen LogP contribution in [0, 0.1) is 0 Å². The zero-order valence-corrected chi connectivity index (χ0v) is 12.9. The van der Waals surface area contributed by atoms with E-state index in [1.54, 1.807) is 36.4 Å². The fourth-order valence-electron chi connectivity index (χ4n) is 2.19. The summed E-state index contributed by atoms with van der Waals surface area (Å²) >= 11 is 11.8. The van der Waals surface area contributed by atoms with Crippen molar-refractivity contribution in [3.05, 3.63) is 82.4 Å². The first-order valence-corrected chi connectivity index (χ1v) is 7.30. The van der Waals surface area contributed by atoms with E-state index in [0.717, 1.165) is 5.56 Å². The predicted molar refractivity (Wildman–Crippen MR) is 85.4 cm³/mol. The molecule has 3 rings (SSSR count). The molecule has 0 aliphatic rings. The van der Waals surface area contributed by atoms with Gasteiger partial charge in [-0.3, -0.25) is 4.79 Å². The number of hydrogen-bond donors (Lipinski definition) is 0. The van der Waals surface area contributed by atoms with Crippen molar-refractivity contribution in [3.8, 4) is 0 Å². The number of halogens is 2. The molecule has 1 unspecified atom stereocenters. The summed E-state index contributed by atoms with van der Waals surface area (Å²) in [6.45, 7) is 0. The molecule has 0 spiro atoms. The number of Topliss-reactive ketones (excluding diaryl/α,β-unsaturated/α-hetero) is 1. The van der Waals surface area contributed by atoms with Gasteiger partial charge in [0.25, 0.3) is 0 Å². The third kappa shape index (κ3) is 3.03.